The SMILES string of the molecule is Cc1ccccc1CNCCc1ccc(CO)cc1. The summed E-state index contributed by atoms with van der Waals surface area (Å²) in [7, 11) is 0. The van der Waals surface area contributed by atoms with E-state index in [1.807, 2.05) is 12.1 Å². The zero-order valence-corrected chi connectivity index (χ0v) is 11.4. The van der Waals surface area contributed by atoms with Crippen molar-refractivity contribution >= 4 is 0 Å². The Morgan fingerprint density at radius 2 is 1.63 bits per heavy atom. The third-order valence-electron chi connectivity index (χ3n) is 3.37. The predicted molar refractivity (Wildman–Crippen MR) is 79.0 cm³/mol. The highest BCUT2D eigenvalue weighted by Gasteiger charge is 1.97. The minimum Gasteiger partial charge on any atom is -0.392 e. The number of hydrogen-bond donors (Lipinski definition) is 2. The second kappa shape index (κ2) is 7.07. The van der Waals surface area contributed by atoms with Crippen LogP contribution in [0.4, 0.5) is 0 Å². The predicted octanol–water partition coefficient (Wildman–Crippen LogP) is 2.82. The molecule has 0 heterocycles. The Kier molecular flexibility index (Phi) is 5.13. The number of aryl methyl sites for hydroxylation is 1. The first-order chi connectivity index (χ1) is 9.29. The first kappa shape index (κ1) is 13.8. The minimum atomic E-state index is 0.117. The normalized spacial score (nSPS) is 10.6. The molecule has 0 unspecified atom stereocenters. The van der Waals surface area contributed by atoms with E-state index in [0.29, 0.717) is 0 Å². The highest BCUT2D eigenvalue weighted by Crippen LogP contribution is 2.07. The van der Waals surface area contributed by atoms with Gasteiger partial charge in [-0.1, -0.05) is 48.5 Å². The van der Waals surface area contributed by atoms with Crippen LogP contribution in [0, 0.1) is 6.92 Å². The van der Waals surface area contributed by atoms with Crippen LogP contribution in [-0.4, -0.2) is 11.7 Å². The van der Waals surface area contributed by atoms with Crippen LogP contribution in [0.2, 0.25) is 0 Å². The Labute approximate surface area is 115 Å². The van der Waals surface area contributed by atoms with Crippen molar-refractivity contribution in [2.24, 2.45) is 0 Å². The van der Waals surface area contributed by atoms with Crippen molar-refractivity contribution in [2.75, 3.05) is 6.54 Å². The third kappa shape index (κ3) is 4.19. The second-order valence-corrected chi connectivity index (χ2v) is 4.83. The summed E-state index contributed by atoms with van der Waals surface area (Å²) in [5.74, 6) is 0. The van der Waals surface area contributed by atoms with E-state index < -0.39 is 0 Å². The lowest BCUT2D eigenvalue weighted by molar-refractivity contribution is 0.282. The van der Waals surface area contributed by atoms with E-state index in [2.05, 4.69) is 48.6 Å². The number of aliphatic hydroxyl groups excluding tert-OH is 1. The molecule has 0 spiro atoms. The van der Waals surface area contributed by atoms with E-state index >= 15 is 0 Å². The van der Waals surface area contributed by atoms with E-state index in [0.717, 1.165) is 25.1 Å². The molecule has 0 bridgehead atoms. The molecule has 2 aromatic rings. The van der Waals surface area contributed by atoms with Gasteiger partial charge in [0.25, 0.3) is 0 Å². The second-order valence-electron chi connectivity index (χ2n) is 4.83. The molecule has 0 aliphatic heterocycles. The summed E-state index contributed by atoms with van der Waals surface area (Å²) >= 11 is 0. The van der Waals surface area contributed by atoms with Gasteiger partial charge in [-0.05, 0) is 42.1 Å². The van der Waals surface area contributed by atoms with Crippen molar-refractivity contribution in [2.45, 2.75) is 26.5 Å². The van der Waals surface area contributed by atoms with Crippen molar-refractivity contribution in [3.8, 4) is 0 Å². The largest absolute Gasteiger partial charge is 0.392 e. The van der Waals surface area contributed by atoms with Crippen molar-refractivity contribution in [1.82, 2.24) is 5.32 Å². The molecule has 0 atom stereocenters. The van der Waals surface area contributed by atoms with Crippen LogP contribution >= 0.6 is 0 Å². The fourth-order valence-corrected chi connectivity index (χ4v) is 2.08. The highest BCUT2D eigenvalue weighted by atomic mass is 16.3. The van der Waals surface area contributed by atoms with Crippen LogP contribution in [0.5, 0.6) is 0 Å². The van der Waals surface area contributed by atoms with Gasteiger partial charge >= 0.3 is 0 Å². The van der Waals surface area contributed by atoms with Crippen molar-refractivity contribution < 1.29 is 5.11 Å². The molecule has 0 saturated carbocycles. The van der Waals surface area contributed by atoms with Crippen LogP contribution in [0.1, 0.15) is 22.3 Å². The zero-order valence-electron chi connectivity index (χ0n) is 11.4. The molecule has 0 radical (unpaired) electrons. The summed E-state index contributed by atoms with van der Waals surface area (Å²) in [6.45, 7) is 4.14. The summed E-state index contributed by atoms with van der Waals surface area (Å²) in [5, 5.41) is 12.5. The topological polar surface area (TPSA) is 32.3 Å². The summed E-state index contributed by atoms with van der Waals surface area (Å²) in [6, 6.07) is 16.6. The van der Waals surface area contributed by atoms with E-state index in [-0.39, 0.29) is 6.61 Å². The first-order valence-electron chi connectivity index (χ1n) is 6.73. The van der Waals surface area contributed by atoms with Crippen LogP contribution < -0.4 is 5.32 Å². The van der Waals surface area contributed by atoms with Crippen molar-refractivity contribution in [1.29, 1.82) is 0 Å². The van der Waals surface area contributed by atoms with Crippen LogP contribution in [0.25, 0.3) is 0 Å². The zero-order chi connectivity index (χ0) is 13.5. The monoisotopic (exact) mass is 255 g/mol. The molecule has 0 fully saturated rings. The van der Waals surface area contributed by atoms with Crippen molar-refractivity contribution in [3.05, 3.63) is 70.8 Å². The van der Waals surface area contributed by atoms with E-state index in [1.54, 1.807) is 0 Å². The number of rotatable bonds is 6. The summed E-state index contributed by atoms with van der Waals surface area (Å²) < 4.78 is 0. The first-order valence-corrected chi connectivity index (χ1v) is 6.73. The maximum atomic E-state index is 8.98. The summed E-state index contributed by atoms with van der Waals surface area (Å²) in [5.41, 5.74) is 4.96. The van der Waals surface area contributed by atoms with Gasteiger partial charge in [0.05, 0.1) is 6.61 Å². The van der Waals surface area contributed by atoms with Crippen molar-refractivity contribution in [3.63, 3.8) is 0 Å². The molecule has 0 saturated heterocycles. The molecule has 2 aromatic carbocycles. The Morgan fingerprint density at radius 3 is 2.32 bits per heavy atom. The van der Waals surface area contributed by atoms with Crippen LogP contribution in [0.15, 0.2) is 48.5 Å². The van der Waals surface area contributed by atoms with Gasteiger partial charge in [0.15, 0.2) is 0 Å². The van der Waals surface area contributed by atoms with Gasteiger partial charge in [-0.2, -0.15) is 0 Å². The van der Waals surface area contributed by atoms with Gasteiger partial charge in [0.2, 0.25) is 0 Å². The van der Waals surface area contributed by atoms with Gasteiger partial charge in [-0.25, -0.2) is 0 Å². The van der Waals surface area contributed by atoms with Gasteiger partial charge in [-0.15, -0.1) is 0 Å². The number of aliphatic hydroxyl groups is 1. The molecule has 2 heteroatoms. The Balaban J connectivity index is 1.76. The molecule has 2 N–H and O–H groups in total. The van der Waals surface area contributed by atoms with Gasteiger partial charge in [0.1, 0.15) is 0 Å². The molecule has 2 nitrogen and oxygen atoms in total. The smallest absolute Gasteiger partial charge is 0.0681 e. The van der Waals surface area contributed by atoms with Gasteiger partial charge in [0, 0.05) is 6.54 Å². The van der Waals surface area contributed by atoms with Gasteiger partial charge < -0.3 is 10.4 Å². The number of nitrogens with one attached hydrogen (secondary N) is 1. The fraction of sp³-hybridized carbons (Fsp3) is 0.294. The molecule has 2 rings (SSSR count). The summed E-state index contributed by atoms with van der Waals surface area (Å²) in [6.07, 6.45) is 1.01. The summed E-state index contributed by atoms with van der Waals surface area (Å²) in [4.78, 5) is 0. The average Bonchev–Trinajstić information content (AvgIpc) is 2.46. The maximum Gasteiger partial charge on any atom is 0.0681 e. The highest BCUT2D eigenvalue weighted by molar-refractivity contribution is 5.25. The Hall–Kier alpha value is -1.64. The quantitative estimate of drug-likeness (QED) is 0.778. The molecule has 100 valence electrons. The average molecular weight is 255 g/mol. The Morgan fingerprint density at radius 1 is 0.947 bits per heavy atom. The van der Waals surface area contributed by atoms with Crippen LogP contribution in [0.3, 0.4) is 0 Å². The Bertz CT molecular complexity index is 505. The molecule has 0 amide bonds. The molecule has 19 heavy (non-hydrogen) atoms. The molecular weight excluding hydrogens is 234 g/mol. The van der Waals surface area contributed by atoms with E-state index in [4.69, 9.17) is 5.11 Å². The standard InChI is InChI=1S/C17H21NO/c1-14-4-2-3-5-17(14)12-18-11-10-15-6-8-16(13-19)9-7-15/h2-9,18-19H,10-13H2,1H3. The molecule has 0 aliphatic rings. The molecule has 0 aromatic heterocycles. The fourth-order valence-electron chi connectivity index (χ4n) is 2.08. The van der Waals surface area contributed by atoms with E-state index in [1.165, 1.54) is 16.7 Å². The lowest BCUT2D eigenvalue weighted by Crippen LogP contribution is -2.17. The maximum absolute atomic E-state index is 8.98. The minimum absolute atomic E-state index is 0.117. The molecular formula is C17H21NO. The van der Waals surface area contributed by atoms with Gasteiger partial charge in [-0.3, -0.25) is 0 Å². The lowest BCUT2D eigenvalue weighted by atomic mass is 10.1. The van der Waals surface area contributed by atoms with E-state index in [9.17, 15) is 0 Å². The molecule has 0 aliphatic carbocycles. The number of hydrogen-bond acceptors (Lipinski definition) is 2. The third-order valence-corrected chi connectivity index (χ3v) is 3.37. The van der Waals surface area contributed by atoms with Crippen LogP contribution in [-0.2, 0) is 19.6 Å². The lowest BCUT2D eigenvalue weighted by Gasteiger charge is -2.08. The number of benzene rings is 2.